The third-order valence-electron chi connectivity index (χ3n) is 1.50. The minimum atomic E-state index is -1.28. The van der Waals surface area contributed by atoms with Crippen molar-refractivity contribution in [3.05, 3.63) is 42.1 Å². The normalized spacial score (nSPS) is 9.83. The molecule has 62 valence electrons. The number of hydrogen-bond acceptors (Lipinski definition) is 1. The maximum absolute atomic E-state index is 12.7. The Kier molecular flexibility index (Phi) is 2.43. The summed E-state index contributed by atoms with van der Waals surface area (Å²) in [5.41, 5.74) is 0.270. The van der Waals surface area contributed by atoms with E-state index in [0.29, 0.717) is 5.56 Å². The Morgan fingerprint density at radius 2 is 2.25 bits per heavy atom. The van der Waals surface area contributed by atoms with Gasteiger partial charge in [-0.2, -0.15) is 0 Å². The van der Waals surface area contributed by atoms with Crippen LogP contribution in [0.2, 0.25) is 0 Å². The lowest BCUT2D eigenvalue weighted by molar-refractivity contribution is 0.0692. The fourth-order valence-electron chi connectivity index (χ4n) is 0.863. The Morgan fingerprint density at radius 3 is 2.75 bits per heavy atom. The van der Waals surface area contributed by atoms with Crippen LogP contribution in [0.4, 0.5) is 4.39 Å². The highest BCUT2D eigenvalue weighted by atomic mass is 19.1. The second-order valence-corrected chi connectivity index (χ2v) is 2.32. The first kappa shape index (κ1) is 8.71. The highest BCUT2D eigenvalue weighted by Gasteiger charge is 2.09. The molecule has 0 saturated heterocycles. The molecule has 0 aliphatic rings. The minimum absolute atomic E-state index is 0.209. The number of carboxylic acids is 1. The van der Waals surface area contributed by atoms with Gasteiger partial charge in [-0.05, 0) is 31.0 Å². The summed E-state index contributed by atoms with van der Waals surface area (Å²) in [5, 5.41) is 8.50. The first-order valence-corrected chi connectivity index (χ1v) is 3.37. The maximum atomic E-state index is 12.7. The average molecular weight is 166 g/mol. The highest BCUT2D eigenvalue weighted by Crippen LogP contribution is 2.10. The van der Waals surface area contributed by atoms with E-state index in [1.807, 2.05) is 0 Å². The lowest BCUT2D eigenvalue weighted by Gasteiger charge is -1.99. The van der Waals surface area contributed by atoms with E-state index < -0.39 is 11.8 Å². The lowest BCUT2D eigenvalue weighted by atomic mass is 10.1. The van der Waals surface area contributed by atoms with Crippen molar-refractivity contribution in [3.8, 4) is 0 Å². The van der Waals surface area contributed by atoms with Gasteiger partial charge in [-0.1, -0.05) is 6.07 Å². The zero-order valence-electron chi connectivity index (χ0n) is 6.25. The fourth-order valence-corrected chi connectivity index (χ4v) is 0.863. The minimum Gasteiger partial charge on any atom is -0.478 e. The first-order chi connectivity index (χ1) is 5.65. The number of rotatable bonds is 2. The van der Waals surface area contributed by atoms with Crippen molar-refractivity contribution in [2.24, 2.45) is 0 Å². The third-order valence-corrected chi connectivity index (χ3v) is 1.50. The van der Waals surface area contributed by atoms with Gasteiger partial charge < -0.3 is 5.11 Å². The molecule has 0 amide bonds. The van der Waals surface area contributed by atoms with Gasteiger partial charge >= 0.3 is 5.97 Å². The number of carbonyl (C=O) groups is 1. The maximum Gasteiger partial charge on any atom is 0.338 e. The van der Waals surface area contributed by atoms with Crippen LogP contribution in [0.1, 0.15) is 15.9 Å². The second kappa shape index (κ2) is 3.34. The molecule has 3 heteroatoms. The van der Waals surface area contributed by atoms with Gasteiger partial charge in [0.2, 0.25) is 0 Å². The van der Waals surface area contributed by atoms with Crippen molar-refractivity contribution in [2.45, 2.75) is 6.42 Å². The number of aromatic carboxylic acids is 1. The Morgan fingerprint density at radius 1 is 1.58 bits per heavy atom. The SMILES string of the molecule is [CH]Cc1ccc(F)c(C(=O)O)c1. The van der Waals surface area contributed by atoms with Crippen molar-refractivity contribution in [2.75, 3.05) is 0 Å². The Labute approximate surface area is 69.6 Å². The van der Waals surface area contributed by atoms with E-state index >= 15 is 0 Å². The van der Waals surface area contributed by atoms with E-state index in [9.17, 15) is 9.18 Å². The van der Waals surface area contributed by atoms with E-state index in [2.05, 4.69) is 0 Å². The zero-order chi connectivity index (χ0) is 9.14. The number of hydrogen-bond donors (Lipinski definition) is 1. The molecule has 12 heavy (non-hydrogen) atoms. The molecule has 0 unspecified atom stereocenters. The molecule has 1 rings (SSSR count). The fraction of sp³-hybridized carbons (Fsp3) is 0.111. The topological polar surface area (TPSA) is 37.3 Å². The highest BCUT2D eigenvalue weighted by molar-refractivity contribution is 5.88. The molecule has 1 aromatic rings. The van der Waals surface area contributed by atoms with Gasteiger partial charge in [0.25, 0.3) is 0 Å². The van der Waals surface area contributed by atoms with Gasteiger partial charge in [-0.15, -0.1) is 0 Å². The Balaban J connectivity index is 3.17. The standard InChI is InChI=1S/C9H7FO2/c1-2-6-3-4-8(10)7(5-6)9(11)12/h1,3-5H,2H2,(H,11,12). The summed E-state index contributed by atoms with van der Waals surface area (Å²) in [6.45, 7) is 5.25. The third kappa shape index (κ3) is 1.61. The molecule has 2 nitrogen and oxygen atoms in total. The van der Waals surface area contributed by atoms with Crippen molar-refractivity contribution < 1.29 is 14.3 Å². The van der Waals surface area contributed by atoms with Gasteiger partial charge in [-0.3, -0.25) is 0 Å². The summed E-state index contributed by atoms with van der Waals surface area (Å²) in [6, 6.07) is 3.80. The average Bonchev–Trinajstić information content (AvgIpc) is 2.05. The molecule has 0 spiro atoms. The quantitative estimate of drug-likeness (QED) is 0.727. The molecular weight excluding hydrogens is 159 g/mol. The summed E-state index contributed by atoms with van der Waals surface area (Å²) in [6.07, 6.45) is 0.209. The van der Waals surface area contributed by atoms with Crippen LogP contribution in [-0.4, -0.2) is 11.1 Å². The van der Waals surface area contributed by atoms with E-state index in [0.717, 1.165) is 6.07 Å². The van der Waals surface area contributed by atoms with Crippen molar-refractivity contribution in [1.82, 2.24) is 0 Å². The summed E-state index contributed by atoms with van der Waals surface area (Å²) < 4.78 is 12.7. The van der Waals surface area contributed by atoms with Crippen LogP contribution in [0.15, 0.2) is 18.2 Å². The lowest BCUT2D eigenvalue weighted by Crippen LogP contribution is -2.01. The van der Waals surface area contributed by atoms with Crippen LogP contribution in [0, 0.1) is 12.7 Å². The molecule has 0 atom stereocenters. The molecule has 2 radical (unpaired) electrons. The van der Waals surface area contributed by atoms with E-state index in [1.54, 1.807) is 0 Å². The Hall–Kier alpha value is -1.38. The van der Waals surface area contributed by atoms with Crippen LogP contribution < -0.4 is 0 Å². The van der Waals surface area contributed by atoms with Crippen molar-refractivity contribution in [1.29, 1.82) is 0 Å². The molecule has 0 heterocycles. The molecule has 1 N–H and O–H groups in total. The Bertz CT molecular complexity index is 307. The molecule has 1 aromatic carbocycles. The van der Waals surface area contributed by atoms with Crippen LogP contribution in [-0.2, 0) is 6.42 Å². The summed E-state index contributed by atoms with van der Waals surface area (Å²) >= 11 is 0. The summed E-state index contributed by atoms with van der Waals surface area (Å²) in [5.74, 6) is -2.01. The number of carboxylic acid groups (broad SMARTS) is 1. The van der Waals surface area contributed by atoms with Crippen LogP contribution in [0.25, 0.3) is 0 Å². The molecule has 0 bridgehead atoms. The summed E-state index contributed by atoms with van der Waals surface area (Å²) in [7, 11) is 0. The van der Waals surface area contributed by atoms with Gasteiger partial charge in [0, 0.05) is 0 Å². The van der Waals surface area contributed by atoms with E-state index in [-0.39, 0.29) is 12.0 Å². The largest absolute Gasteiger partial charge is 0.478 e. The monoisotopic (exact) mass is 166 g/mol. The predicted molar refractivity (Wildman–Crippen MR) is 41.4 cm³/mol. The van der Waals surface area contributed by atoms with Crippen LogP contribution >= 0.6 is 0 Å². The van der Waals surface area contributed by atoms with E-state index in [4.69, 9.17) is 12.0 Å². The molecule has 0 aromatic heterocycles. The van der Waals surface area contributed by atoms with Crippen LogP contribution in [0.3, 0.4) is 0 Å². The molecule has 0 saturated carbocycles. The van der Waals surface area contributed by atoms with Gasteiger partial charge in [0.05, 0.1) is 5.56 Å². The van der Waals surface area contributed by atoms with Crippen molar-refractivity contribution >= 4 is 5.97 Å². The smallest absolute Gasteiger partial charge is 0.338 e. The molecule has 0 aliphatic heterocycles. The van der Waals surface area contributed by atoms with Gasteiger partial charge in [-0.25, -0.2) is 9.18 Å². The molecule has 0 fully saturated rings. The van der Waals surface area contributed by atoms with Crippen LogP contribution in [0.5, 0.6) is 0 Å². The van der Waals surface area contributed by atoms with E-state index in [1.165, 1.54) is 12.1 Å². The second-order valence-electron chi connectivity index (χ2n) is 2.32. The summed E-state index contributed by atoms with van der Waals surface area (Å²) in [4.78, 5) is 10.4. The van der Waals surface area contributed by atoms with Gasteiger partial charge in [0.15, 0.2) is 0 Å². The zero-order valence-corrected chi connectivity index (χ0v) is 6.25. The number of halogens is 1. The predicted octanol–water partition coefficient (Wildman–Crippen LogP) is 1.78. The first-order valence-electron chi connectivity index (χ1n) is 3.37. The molecule has 0 aliphatic carbocycles. The van der Waals surface area contributed by atoms with Crippen molar-refractivity contribution in [3.63, 3.8) is 0 Å². The molecular formula is C9H7FO2. The van der Waals surface area contributed by atoms with Gasteiger partial charge in [0.1, 0.15) is 5.82 Å². The number of benzene rings is 1.